The normalized spacial score (nSPS) is 17.9. The number of hydrogen-bond acceptors (Lipinski definition) is 3. The minimum Gasteiger partial charge on any atom is -0.480 e. The lowest BCUT2D eigenvalue weighted by Crippen LogP contribution is -2.51. The van der Waals surface area contributed by atoms with Gasteiger partial charge in [-0.15, -0.1) is 0 Å². The molecule has 0 aliphatic heterocycles. The molecule has 1 saturated carbocycles. The predicted molar refractivity (Wildman–Crippen MR) is 60.0 cm³/mol. The Morgan fingerprint density at radius 1 is 1.38 bits per heavy atom. The van der Waals surface area contributed by atoms with Crippen LogP contribution in [-0.2, 0) is 9.59 Å². The summed E-state index contributed by atoms with van der Waals surface area (Å²) in [6.45, 7) is 5.58. The molecular formula is C11H20N2O3. The minimum atomic E-state index is -0.993. The van der Waals surface area contributed by atoms with E-state index in [2.05, 4.69) is 10.6 Å². The van der Waals surface area contributed by atoms with Crippen LogP contribution in [0.1, 0.15) is 33.6 Å². The third-order valence-electron chi connectivity index (χ3n) is 2.55. The highest BCUT2D eigenvalue weighted by Crippen LogP contribution is 2.20. The molecule has 1 rings (SSSR count). The average Bonchev–Trinajstić information content (AvgIpc) is 2.91. The molecule has 5 heteroatoms. The van der Waals surface area contributed by atoms with Gasteiger partial charge in [0.15, 0.2) is 0 Å². The van der Waals surface area contributed by atoms with Gasteiger partial charge in [0, 0.05) is 6.04 Å². The molecule has 0 bridgehead atoms. The SMILES string of the molecule is CC(C)(C)C(NC(=O)CNC1CC1)C(=O)O. The van der Waals surface area contributed by atoms with Gasteiger partial charge < -0.3 is 15.7 Å². The Bertz CT molecular complexity index is 279. The number of carbonyl (C=O) groups excluding carboxylic acids is 1. The third-order valence-corrected chi connectivity index (χ3v) is 2.55. The molecule has 1 unspecified atom stereocenters. The first kappa shape index (κ1) is 13.0. The molecule has 3 N–H and O–H groups in total. The fourth-order valence-corrected chi connectivity index (χ4v) is 1.39. The zero-order chi connectivity index (χ0) is 12.3. The molecule has 0 radical (unpaired) electrons. The van der Waals surface area contributed by atoms with Crippen LogP contribution >= 0.6 is 0 Å². The molecular weight excluding hydrogens is 208 g/mol. The number of rotatable bonds is 5. The first-order chi connectivity index (χ1) is 7.30. The van der Waals surface area contributed by atoms with E-state index in [0.29, 0.717) is 6.04 Å². The van der Waals surface area contributed by atoms with Crippen LogP contribution < -0.4 is 10.6 Å². The van der Waals surface area contributed by atoms with Gasteiger partial charge in [0.1, 0.15) is 6.04 Å². The van der Waals surface area contributed by atoms with Crippen molar-refractivity contribution in [2.75, 3.05) is 6.54 Å². The topological polar surface area (TPSA) is 78.4 Å². The number of carboxylic acid groups (broad SMARTS) is 1. The number of hydrogen-bond donors (Lipinski definition) is 3. The highest BCUT2D eigenvalue weighted by molar-refractivity contribution is 5.85. The lowest BCUT2D eigenvalue weighted by atomic mass is 9.87. The van der Waals surface area contributed by atoms with Crippen molar-refractivity contribution < 1.29 is 14.7 Å². The van der Waals surface area contributed by atoms with Gasteiger partial charge in [0.25, 0.3) is 0 Å². The van der Waals surface area contributed by atoms with Crippen molar-refractivity contribution in [1.82, 2.24) is 10.6 Å². The Morgan fingerprint density at radius 2 is 1.94 bits per heavy atom. The summed E-state index contributed by atoms with van der Waals surface area (Å²) in [4.78, 5) is 22.5. The Balaban J connectivity index is 2.40. The molecule has 16 heavy (non-hydrogen) atoms. The van der Waals surface area contributed by atoms with Gasteiger partial charge in [0.2, 0.25) is 5.91 Å². The van der Waals surface area contributed by atoms with Crippen molar-refractivity contribution in [3.05, 3.63) is 0 Å². The van der Waals surface area contributed by atoms with E-state index < -0.39 is 17.4 Å². The van der Waals surface area contributed by atoms with Crippen LogP contribution in [-0.4, -0.2) is 35.6 Å². The van der Waals surface area contributed by atoms with Crippen molar-refractivity contribution in [1.29, 1.82) is 0 Å². The lowest BCUT2D eigenvalue weighted by Gasteiger charge is -2.27. The predicted octanol–water partition coefficient (Wildman–Crippen LogP) is 0.354. The summed E-state index contributed by atoms with van der Waals surface area (Å²) in [6, 6.07) is -0.398. The summed E-state index contributed by atoms with van der Waals surface area (Å²) >= 11 is 0. The number of amides is 1. The maximum Gasteiger partial charge on any atom is 0.326 e. The molecule has 1 atom stereocenters. The fourth-order valence-electron chi connectivity index (χ4n) is 1.39. The van der Waals surface area contributed by atoms with E-state index in [1.54, 1.807) is 20.8 Å². The van der Waals surface area contributed by atoms with Gasteiger partial charge >= 0.3 is 5.97 Å². The minimum absolute atomic E-state index is 0.199. The van der Waals surface area contributed by atoms with Crippen LogP contribution in [0.5, 0.6) is 0 Å². The van der Waals surface area contributed by atoms with Gasteiger partial charge in [-0.05, 0) is 18.3 Å². The maximum absolute atomic E-state index is 11.5. The van der Waals surface area contributed by atoms with Crippen molar-refractivity contribution in [2.24, 2.45) is 5.41 Å². The molecule has 92 valence electrons. The van der Waals surface area contributed by atoms with Crippen molar-refractivity contribution in [3.63, 3.8) is 0 Å². The summed E-state index contributed by atoms with van der Waals surface area (Å²) in [5, 5.41) is 14.6. The second kappa shape index (κ2) is 4.82. The van der Waals surface area contributed by atoms with Crippen LogP contribution in [0.2, 0.25) is 0 Å². The Hall–Kier alpha value is -1.10. The quantitative estimate of drug-likeness (QED) is 0.634. The van der Waals surface area contributed by atoms with Crippen molar-refractivity contribution in [2.45, 2.75) is 45.7 Å². The second-order valence-electron chi connectivity index (χ2n) is 5.36. The highest BCUT2D eigenvalue weighted by Gasteiger charge is 2.32. The van der Waals surface area contributed by atoms with Crippen LogP contribution in [0, 0.1) is 5.41 Å². The molecule has 1 aliphatic carbocycles. The summed E-state index contributed by atoms with van der Waals surface area (Å²) in [5.74, 6) is -1.25. The van der Waals surface area contributed by atoms with Gasteiger partial charge in [0.05, 0.1) is 6.54 Å². The molecule has 0 aromatic heterocycles. The summed E-state index contributed by atoms with van der Waals surface area (Å²) in [5.41, 5.74) is -0.485. The van der Waals surface area contributed by atoms with Crippen molar-refractivity contribution >= 4 is 11.9 Å². The monoisotopic (exact) mass is 228 g/mol. The summed E-state index contributed by atoms with van der Waals surface area (Å²) < 4.78 is 0. The van der Waals surface area contributed by atoms with E-state index in [4.69, 9.17) is 5.11 Å². The van der Waals surface area contributed by atoms with Gasteiger partial charge in [-0.25, -0.2) is 4.79 Å². The second-order valence-corrected chi connectivity index (χ2v) is 5.36. The highest BCUT2D eigenvalue weighted by atomic mass is 16.4. The average molecular weight is 228 g/mol. The Kier molecular flexibility index (Phi) is 3.91. The van der Waals surface area contributed by atoms with Gasteiger partial charge in [-0.2, -0.15) is 0 Å². The van der Waals surface area contributed by atoms with E-state index in [1.807, 2.05) is 0 Å². The van der Waals surface area contributed by atoms with Crippen LogP contribution in [0.3, 0.4) is 0 Å². The number of carbonyl (C=O) groups is 2. The fraction of sp³-hybridized carbons (Fsp3) is 0.818. The zero-order valence-corrected chi connectivity index (χ0v) is 10.0. The standard InChI is InChI=1S/C11H20N2O3/c1-11(2,3)9(10(15)16)13-8(14)6-12-7-4-5-7/h7,9,12H,4-6H2,1-3H3,(H,13,14)(H,15,16). The van der Waals surface area contributed by atoms with E-state index in [0.717, 1.165) is 12.8 Å². The molecule has 0 spiro atoms. The molecule has 1 amide bonds. The molecule has 0 saturated heterocycles. The maximum atomic E-state index is 11.5. The van der Waals surface area contributed by atoms with E-state index >= 15 is 0 Å². The third kappa shape index (κ3) is 4.18. The first-order valence-electron chi connectivity index (χ1n) is 5.56. The molecule has 5 nitrogen and oxygen atoms in total. The largest absolute Gasteiger partial charge is 0.480 e. The number of carboxylic acids is 1. The smallest absolute Gasteiger partial charge is 0.326 e. The van der Waals surface area contributed by atoms with Crippen molar-refractivity contribution in [3.8, 4) is 0 Å². The molecule has 1 fully saturated rings. The Labute approximate surface area is 95.6 Å². The van der Waals surface area contributed by atoms with Gasteiger partial charge in [-0.1, -0.05) is 20.8 Å². The van der Waals surface area contributed by atoms with Gasteiger partial charge in [-0.3, -0.25) is 4.79 Å². The van der Waals surface area contributed by atoms with E-state index in [-0.39, 0.29) is 12.5 Å². The van der Waals surface area contributed by atoms with E-state index in [9.17, 15) is 9.59 Å². The lowest BCUT2D eigenvalue weighted by molar-refractivity contribution is -0.144. The number of nitrogens with one attached hydrogen (secondary N) is 2. The molecule has 0 heterocycles. The molecule has 0 aromatic rings. The molecule has 1 aliphatic rings. The zero-order valence-electron chi connectivity index (χ0n) is 10.0. The molecule has 0 aromatic carbocycles. The first-order valence-corrected chi connectivity index (χ1v) is 5.56. The summed E-state index contributed by atoms with van der Waals surface area (Å²) in [6.07, 6.45) is 2.21. The van der Waals surface area contributed by atoms with E-state index in [1.165, 1.54) is 0 Å². The summed E-state index contributed by atoms with van der Waals surface area (Å²) in [7, 11) is 0. The number of aliphatic carboxylic acids is 1. The van der Waals surface area contributed by atoms with Crippen LogP contribution in [0.25, 0.3) is 0 Å². The Morgan fingerprint density at radius 3 is 2.31 bits per heavy atom. The van der Waals surface area contributed by atoms with Crippen LogP contribution in [0.4, 0.5) is 0 Å². The van der Waals surface area contributed by atoms with Crippen LogP contribution in [0.15, 0.2) is 0 Å².